The molecule has 40 heavy (non-hydrogen) atoms. The Morgan fingerprint density at radius 3 is 2.40 bits per heavy atom. The molecule has 3 heterocycles. The first kappa shape index (κ1) is 25.8. The number of carbonyl (C=O) groups is 1. The van der Waals surface area contributed by atoms with Crippen LogP contribution in [0.25, 0.3) is 38.9 Å². The van der Waals surface area contributed by atoms with E-state index in [9.17, 15) is 4.79 Å². The van der Waals surface area contributed by atoms with Crippen molar-refractivity contribution >= 4 is 22.6 Å². The van der Waals surface area contributed by atoms with Crippen LogP contribution >= 0.6 is 0 Å². The van der Waals surface area contributed by atoms with Crippen molar-refractivity contribution in [1.29, 1.82) is 0 Å². The number of hydrogen-bond donors (Lipinski definition) is 1. The summed E-state index contributed by atoms with van der Waals surface area (Å²) in [5.74, 6) is 0. The van der Waals surface area contributed by atoms with E-state index in [4.69, 9.17) is 14.5 Å². The highest BCUT2D eigenvalue weighted by Crippen LogP contribution is 2.43. The minimum absolute atomic E-state index is 0.383. The number of aromatic nitrogens is 4. The molecule has 0 spiro atoms. The van der Waals surface area contributed by atoms with Gasteiger partial charge in [-0.2, -0.15) is 0 Å². The Balaban J connectivity index is 1.42. The molecule has 2 aromatic carbocycles. The van der Waals surface area contributed by atoms with Gasteiger partial charge in [-0.05, 0) is 70.2 Å². The zero-order valence-electron chi connectivity index (χ0n) is 23.3. The lowest BCUT2D eigenvalue weighted by atomic mass is 9.71. The van der Waals surface area contributed by atoms with Crippen molar-refractivity contribution in [3.8, 4) is 28.4 Å². The number of nitrogens with one attached hydrogen (secondary N) is 1. The van der Waals surface area contributed by atoms with Gasteiger partial charge in [0.2, 0.25) is 0 Å². The largest absolute Gasteiger partial charge is 0.464 e. The van der Waals surface area contributed by atoms with Gasteiger partial charge in [0, 0.05) is 22.7 Å². The monoisotopic (exact) mass is 535 g/mol. The normalized spacial score (nSPS) is 14.6. The van der Waals surface area contributed by atoms with Crippen LogP contribution in [0.4, 0.5) is 4.79 Å². The average Bonchev–Trinajstić information content (AvgIpc) is 3.33. The first-order valence-electron chi connectivity index (χ1n) is 13.8. The smallest absolute Gasteiger partial charge is 0.408 e. The Morgan fingerprint density at radius 1 is 1.00 bits per heavy atom. The van der Waals surface area contributed by atoms with Crippen molar-refractivity contribution < 1.29 is 14.3 Å². The number of benzene rings is 2. The summed E-state index contributed by atoms with van der Waals surface area (Å²) in [5.41, 5.74) is 5.58. The fraction of sp³-hybridized carbons (Fsp3) is 0.312. The van der Waals surface area contributed by atoms with Crippen LogP contribution in [0.15, 0.2) is 72.9 Å². The third-order valence-electron chi connectivity index (χ3n) is 7.36. The maximum Gasteiger partial charge on any atom is 0.408 e. The second-order valence-electron chi connectivity index (χ2n) is 11.2. The number of ether oxygens (including phenoxy) is 2. The maximum atomic E-state index is 12.6. The molecule has 1 N–H and O–H groups in total. The highest BCUT2D eigenvalue weighted by atomic mass is 16.6. The fourth-order valence-corrected chi connectivity index (χ4v) is 5.32. The van der Waals surface area contributed by atoms with Crippen LogP contribution in [0.5, 0.6) is 6.01 Å². The molecule has 1 aliphatic rings. The SMILES string of the molecule is CCOc1nnc2c3cc(-c4ccccc4)c(-c4ccc(C5(NC(=O)OC(C)(C)C)CCC5)cc4)nc3ccn12. The van der Waals surface area contributed by atoms with Crippen molar-refractivity contribution in [1.82, 2.24) is 24.9 Å². The van der Waals surface area contributed by atoms with Crippen molar-refractivity contribution in [2.75, 3.05) is 6.61 Å². The Morgan fingerprint density at radius 2 is 1.75 bits per heavy atom. The van der Waals surface area contributed by atoms with Crippen LogP contribution < -0.4 is 10.1 Å². The van der Waals surface area contributed by atoms with E-state index in [1.54, 1.807) is 0 Å². The van der Waals surface area contributed by atoms with Crippen molar-refractivity contribution in [3.63, 3.8) is 0 Å². The molecule has 5 aromatic rings. The van der Waals surface area contributed by atoms with Gasteiger partial charge in [-0.25, -0.2) is 9.78 Å². The van der Waals surface area contributed by atoms with Gasteiger partial charge in [-0.3, -0.25) is 4.40 Å². The van der Waals surface area contributed by atoms with Gasteiger partial charge in [0.1, 0.15) is 5.60 Å². The van der Waals surface area contributed by atoms with Gasteiger partial charge in [0.25, 0.3) is 0 Å². The molecule has 1 fully saturated rings. The standard InChI is InChI=1S/C32H33N5O3/c1-5-39-29-36-35-28-25-20-24(21-10-7-6-8-11-21)27(33-26(25)16-19-37(28)29)22-12-14-23(15-13-22)32(17-9-18-32)34-30(38)40-31(2,3)4/h6-8,10-16,19-20H,5,9,17-18H2,1-4H3,(H,34,38). The lowest BCUT2D eigenvalue weighted by molar-refractivity contribution is 0.0377. The number of fused-ring (bicyclic) bond motifs is 3. The summed E-state index contributed by atoms with van der Waals surface area (Å²) in [6.07, 6.45) is 4.34. The second kappa shape index (κ2) is 9.93. The molecule has 0 atom stereocenters. The first-order valence-corrected chi connectivity index (χ1v) is 13.8. The second-order valence-corrected chi connectivity index (χ2v) is 11.2. The lowest BCUT2D eigenvalue weighted by Gasteiger charge is -2.43. The molecule has 0 radical (unpaired) electrons. The summed E-state index contributed by atoms with van der Waals surface area (Å²) in [7, 11) is 0. The molecule has 1 saturated carbocycles. The molecule has 3 aromatic heterocycles. The number of amides is 1. The third kappa shape index (κ3) is 4.74. The van der Waals surface area contributed by atoms with Crippen LogP contribution in [0.2, 0.25) is 0 Å². The first-order chi connectivity index (χ1) is 19.3. The Bertz CT molecular complexity index is 1680. The zero-order chi connectivity index (χ0) is 27.9. The molecule has 1 amide bonds. The number of nitrogens with zero attached hydrogens (tertiary/aromatic N) is 4. The van der Waals surface area contributed by atoms with Crippen LogP contribution in [0.3, 0.4) is 0 Å². The van der Waals surface area contributed by atoms with E-state index in [1.165, 1.54) is 0 Å². The Kier molecular flexibility index (Phi) is 6.41. The number of pyridine rings is 2. The highest BCUT2D eigenvalue weighted by Gasteiger charge is 2.41. The molecule has 6 rings (SSSR count). The van der Waals surface area contributed by atoms with Crippen LogP contribution in [-0.2, 0) is 10.3 Å². The van der Waals surface area contributed by atoms with Gasteiger partial charge < -0.3 is 14.8 Å². The van der Waals surface area contributed by atoms with Crippen molar-refractivity contribution in [2.45, 2.75) is 58.1 Å². The summed E-state index contributed by atoms with van der Waals surface area (Å²) in [5, 5.41) is 12.7. The fourth-order valence-electron chi connectivity index (χ4n) is 5.32. The van der Waals surface area contributed by atoms with Crippen LogP contribution in [0.1, 0.15) is 52.5 Å². The number of rotatable bonds is 6. The molecule has 0 aliphatic heterocycles. The quantitative estimate of drug-likeness (QED) is 0.254. The zero-order valence-corrected chi connectivity index (χ0v) is 23.3. The highest BCUT2D eigenvalue weighted by molar-refractivity contribution is 5.98. The molecular weight excluding hydrogens is 502 g/mol. The van der Waals surface area contributed by atoms with E-state index in [0.717, 1.165) is 58.1 Å². The van der Waals surface area contributed by atoms with E-state index in [0.29, 0.717) is 18.3 Å². The van der Waals surface area contributed by atoms with Crippen molar-refractivity contribution in [2.24, 2.45) is 0 Å². The molecule has 8 nitrogen and oxygen atoms in total. The lowest BCUT2D eigenvalue weighted by Crippen LogP contribution is -2.52. The number of alkyl carbamates (subject to hydrolysis) is 1. The molecule has 0 unspecified atom stereocenters. The van der Waals surface area contributed by atoms with Gasteiger partial charge in [0.15, 0.2) is 5.65 Å². The minimum atomic E-state index is -0.545. The molecule has 0 bridgehead atoms. The summed E-state index contributed by atoms with van der Waals surface area (Å²) in [6.45, 7) is 8.07. The Labute approximate surface area is 233 Å². The maximum absolute atomic E-state index is 12.6. The van der Waals surface area contributed by atoms with E-state index in [-0.39, 0.29) is 6.09 Å². The predicted octanol–water partition coefficient (Wildman–Crippen LogP) is 6.91. The molecular formula is C32H33N5O3. The van der Waals surface area contributed by atoms with Crippen LogP contribution in [-0.4, -0.2) is 37.9 Å². The number of carbonyl (C=O) groups excluding carboxylic acids is 1. The van der Waals surface area contributed by atoms with E-state index in [2.05, 4.69) is 58.0 Å². The third-order valence-corrected chi connectivity index (χ3v) is 7.36. The molecule has 8 heteroatoms. The number of hydrogen-bond acceptors (Lipinski definition) is 6. The van der Waals surface area contributed by atoms with Gasteiger partial charge in [-0.1, -0.05) is 59.7 Å². The van der Waals surface area contributed by atoms with E-state index < -0.39 is 11.1 Å². The summed E-state index contributed by atoms with van der Waals surface area (Å²) in [6, 6.07) is 23.2. The predicted molar refractivity (Wildman–Crippen MR) is 155 cm³/mol. The van der Waals surface area contributed by atoms with Crippen LogP contribution in [0, 0.1) is 0 Å². The summed E-state index contributed by atoms with van der Waals surface area (Å²) < 4.78 is 13.1. The van der Waals surface area contributed by atoms with Gasteiger partial charge >= 0.3 is 12.1 Å². The summed E-state index contributed by atoms with van der Waals surface area (Å²) >= 11 is 0. The van der Waals surface area contributed by atoms with Gasteiger partial charge in [0.05, 0.1) is 23.4 Å². The van der Waals surface area contributed by atoms with E-state index in [1.807, 2.05) is 62.6 Å². The summed E-state index contributed by atoms with van der Waals surface area (Å²) in [4.78, 5) is 17.8. The topological polar surface area (TPSA) is 90.6 Å². The minimum Gasteiger partial charge on any atom is -0.464 e. The van der Waals surface area contributed by atoms with E-state index >= 15 is 0 Å². The Hall–Kier alpha value is -4.46. The molecule has 204 valence electrons. The van der Waals surface area contributed by atoms with Crippen molar-refractivity contribution in [3.05, 3.63) is 78.5 Å². The average molecular weight is 536 g/mol. The molecule has 0 saturated heterocycles. The van der Waals surface area contributed by atoms with Gasteiger partial charge in [-0.15, -0.1) is 5.10 Å². The molecule has 1 aliphatic carbocycles.